The molecule has 1 fully saturated rings. The van der Waals surface area contributed by atoms with Gasteiger partial charge in [0.05, 0.1) is 12.0 Å². The van der Waals surface area contributed by atoms with Gasteiger partial charge in [-0.2, -0.15) is 0 Å². The number of carbonyl (C=O) groups is 3. The molecule has 0 unspecified atom stereocenters. The molecule has 1 aromatic carbocycles. The van der Waals surface area contributed by atoms with Crippen molar-refractivity contribution in [1.29, 1.82) is 0 Å². The summed E-state index contributed by atoms with van der Waals surface area (Å²) in [4.78, 5) is 38.3. The van der Waals surface area contributed by atoms with E-state index in [-0.39, 0.29) is 30.6 Å². The van der Waals surface area contributed by atoms with Crippen LogP contribution in [0.15, 0.2) is 24.3 Å². The number of amides is 2. The predicted octanol–water partition coefficient (Wildman–Crippen LogP) is 3.75. The van der Waals surface area contributed by atoms with E-state index in [1.54, 1.807) is 4.90 Å². The summed E-state index contributed by atoms with van der Waals surface area (Å²) in [7, 11) is 0. The molecule has 1 heterocycles. The number of rotatable bonds is 6. The third kappa shape index (κ3) is 7.35. The van der Waals surface area contributed by atoms with Crippen LogP contribution in [0, 0.1) is 12.8 Å². The number of nitrogens with one attached hydrogen (secondary N) is 1. The van der Waals surface area contributed by atoms with E-state index < -0.39 is 11.6 Å². The molecule has 7 nitrogen and oxygen atoms in total. The molecule has 0 saturated carbocycles. The van der Waals surface area contributed by atoms with Gasteiger partial charge in [0, 0.05) is 13.1 Å². The molecule has 7 heteroatoms. The van der Waals surface area contributed by atoms with Crippen molar-refractivity contribution < 1.29 is 23.9 Å². The second-order valence-corrected chi connectivity index (χ2v) is 8.79. The van der Waals surface area contributed by atoms with Crippen molar-refractivity contribution in [3.8, 4) is 0 Å². The predicted molar refractivity (Wildman–Crippen MR) is 114 cm³/mol. The first-order valence-electron chi connectivity index (χ1n) is 10.6. The summed E-state index contributed by atoms with van der Waals surface area (Å²) in [6, 6.07) is 7.89. The largest absolute Gasteiger partial charge is 0.455 e. The highest BCUT2D eigenvalue weighted by Gasteiger charge is 2.31. The Morgan fingerprint density at radius 2 is 1.73 bits per heavy atom. The van der Waals surface area contributed by atoms with Gasteiger partial charge in [0.1, 0.15) is 5.60 Å². The minimum atomic E-state index is -0.546. The summed E-state index contributed by atoms with van der Waals surface area (Å²) in [5.74, 6) is -1.02. The molecule has 1 atom stereocenters. The molecule has 30 heavy (non-hydrogen) atoms. The smallest absolute Gasteiger partial charge is 0.410 e. The number of nitrogens with zero attached hydrogens (tertiary/aromatic N) is 1. The van der Waals surface area contributed by atoms with Crippen LogP contribution in [0.25, 0.3) is 0 Å². The number of hydrogen-bond acceptors (Lipinski definition) is 5. The van der Waals surface area contributed by atoms with E-state index >= 15 is 0 Å². The van der Waals surface area contributed by atoms with Gasteiger partial charge in [-0.1, -0.05) is 36.8 Å². The van der Waals surface area contributed by atoms with E-state index in [4.69, 9.17) is 9.47 Å². The first-order valence-corrected chi connectivity index (χ1v) is 10.6. The lowest BCUT2D eigenvalue weighted by Gasteiger charge is -2.32. The van der Waals surface area contributed by atoms with Gasteiger partial charge >= 0.3 is 12.1 Å². The molecule has 1 aliphatic heterocycles. The molecule has 2 rings (SSSR count). The fraction of sp³-hybridized carbons (Fsp3) is 0.609. The first kappa shape index (κ1) is 23.7. The van der Waals surface area contributed by atoms with Crippen molar-refractivity contribution in [2.24, 2.45) is 5.92 Å². The van der Waals surface area contributed by atoms with E-state index in [2.05, 4.69) is 5.32 Å². The Bertz CT molecular complexity index is 731. The third-order valence-electron chi connectivity index (χ3n) is 5.05. The summed E-state index contributed by atoms with van der Waals surface area (Å²) in [6.45, 7) is 10.0. The number of piperidine rings is 1. The fourth-order valence-corrected chi connectivity index (χ4v) is 3.33. The highest BCUT2D eigenvalue weighted by atomic mass is 16.6. The monoisotopic (exact) mass is 418 g/mol. The summed E-state index contributed by atoms with van der Waals surface area (Å²) in [5.41, 5.74) is 1.64. The van der Waals surface area contributed by atoms with Crippen molar-refractivity contribution in [3.63, 3.8) is 0 Å². The second-order valence-electron chi connectivity index (χ2n) is 8.79. The molecule has 0 spiro atoms. The maximum atomic E-state index is 12.3. The molecule has 0 aromatic heterocycles. The Balaban J connectivity index is 1.75. The zero-order valence-electron chi connectivity index (χ0n) is 18.7. The molecular weight excluding hydrogens is 384 g/mol. The number of likely N-dealkylation sites (tertiary alicyclic amines) is 1. The van der Waals surface area contributed by atoms with Crippen molar-refractivity contribution in [2.45, 2.75) is 65.5 Å². The zero-order chi connectivity index (χ0) is 22.3. The molecular formula is C23H34N2O5. The van der Waals surface area contributed by atoms with Crippen LogP contribution in [0.3, 0.4) is 0 Å². The Morgan fingerprint density at radius 3 is 2.27 bits per heavy atom. The molecule has 0 bridgehead atoms. The molecule has 1 N–H and O–H groups in total. The summed E-state index contributed by atoms with van der Waals surface area (Å²) in [6.07, 6.45) is 1.38. The van der Waals surface area contributed by atoms with Gasteiger partial charge in [-0.3, -0.25) is 9.59 Å². The molecule has 0 aliphatic carbocycles. The quantitative estimate of drug-likeness (QED) is 0.711. The minimum Gasteiger partial charge on any atom is -0.455 e. The Morgan fingerprint density at radius 1 is 1.13 bits per heavy atom. The standard InChI is InChI=1S/C23H34N2O5/c1-6-19(17-9-7-16(2)8-10-17)24-20(26)15-29-21(27)18-11-13-25(14-12-18)22(28)30-23(3,4)5/h7-10,18-19H,6,11-15H2,1-5H3,(H,24,26)/t19-/m0/s1. The summed E-state index contributed by atoms with van der Waals surface area (Å²) >= 11 is 0. The van der Waals surface area contributed by atoms with Gasteiger partial charge in [0.15, 0.2) is 6.61 Å². The van der Waals surface area contributed by atoms with E-state index in [1.165, 1.54) is 0 Å². The molecule has 2 amide bonds. The Labute approximate surface area is 179 Å². The van der Waals surface area contributed by atoms with Crippen LogP contribution >= 0.6 is 0 Å². The Kier molecular flexibility index (Phi) is 8.26. The maximum absolute atomic E-state index is 12.3. The van der Waals surface area contributed by atoms with Crippen LogP contribution in [0.2, 0.25) is 0 Å². The molecule has 166 valence electrons. The van der Waals surface area contributed by atoms with E-state index in [0.717, 1.165) is 17.5 Å². The van der Waals surface area contributed by atoms with Crippen molar-refractivity contribution in [3.05, 3.63) is 35.4 Å². The second kappa shape index (κ2) is 10.5. The summed E-state index contributed by atoms with van der Waals surface area (Å²) in [5, 5.41) is 2.92. The minimum absolute atomic E-state index is 0.117. The first-order chi connectivity index (χ1) is 14.1. The lowest BCUT2D eigenvalue weighted by Crippen LogP contribution is -2.43. The number of hydrogen-bond donors (Lipinski definition) is 1. The lowest BCUT2D eigenvalue weighted by atomic mass is 9.97. The van der Waals surface area contributed by atoms with Gasteiger partial charge < -0.3 is 19.7 Å². The number of aryl methyl sites for hydroxylation is 1. The van der Waals surface area contributed by atoms with Crippen LogP contribution in [-0.2, 0) is 19.1 Å². The molecule has 1 aromatic rings. The van der Waals surface area contributed by atoms with Crippen LogP contribution in [0.5, 0.6) is 0 Å². The van der Waals surface area contributed by atoms with E-state index in [1.807, 2.05) is 58.9 Å². The normalized spacial score (nSPS) is 16.0. The van der Waals surface area contributed by atoms with Gasteiger partial charge in [0.2, 0.25) is 0 Å². The van der Waals surface area contributed by atoms with Gasteiger partial charge in [-0.15, -0.1) is 0 Å². The average Bonchev–Trinajstić information content (AvgIpc) is 2.70. The van der Waals surface area contributed by atoms with Crippen molar-refractivity contribution >= 4 is 18.0 Å². The van der Waals surface area contributed by atoms with Gasteiger partial charge in [0.25, 0.3) is 5.91 Å². The zero-order valence-corrected chi connectivity index (χ0v) is 18.7. The number of esters is 1. The third-order valence-corrected chi connectivity index (χ3v) is 5.05. The highest BCUT2D eigenvalue weighted by Crippen LogP contribution is 2.21. The van der Waals surface area contributed by atoms with Gasteiger partial charge in [-0.05, 0) is 52.5 Å². The highest BCUT2D eigenvalue weighted by molar-refractivity contribution is 5.81. The van der Waals surface area contributed by atoms with Crippen LogP contribution in [0.4, 0.5) is 4.79 Å². The van der Waals surface area contributed by atoms with Gasteiger partial charge in [-0.25, -0.2) is 4.79 Å². The van der Waals surface area contributed by atoms with Crippen LogP contribution in [0.1, 0.15) is 64.1 Å². The molecule has 1 aliphatic rings. The number of benzene rings is 1. The average molecular weight is 419 g/mol. The Hall–Kier alpha value is -2.57. The van der Waals surface area contributed by atoms with E-state index in [0.29, 0.717) is 25.9 Å². The number of carbonyl (C=O) groups excluding carboxylic acids is 3. The van der Waals surface area contributed by atoms with Crippen LogP contribution < -0.4 is 5.32 Å². The summed E-state index contributed by atoms with van der Waals surface area (Å²) < 4.78 is 10.6. The van der Waals surface area contributed by atoms with Crippen LogP contribution in [-0.4, -0.2) is 48.2 Å². The van der Waals surface area contributed by atoms with Crippen molar-refractivity contribution in [2.75, 3.05) is 19.7 Å². The fourth-order valence-electron chi connectivity index (χ4n) is 3.33. The SMILES string of the molecule is CC[C@H](NC(=O)COC(=O)C1CCN(C(=O)OC(C)(C)C)CC1)c1ccc(C)cc1. The number of ether oxygens (including phenoxy) is 2. The maximum Gasteiger partial charge on any atom is 0.410 e. The molecule has 0 radical (unpaired) electrons. The van der Waals surface area contributed by atoms with E-state index in [9.17, 15) is 14.4 Å². The topological polar surface area (TPSA) is 84.9 Å². The van der Waals surface area contributed by atoms with Crippen molar-refractivity contribution in [1.82, 2.24) is 10.2 Å². The molecule has 1 saturated heterocycles. The lowest BCUT2D eigenvalue weighted by molar-refractivity contribution is -0.154.